The van der Waals surface area contributed by atoms with E-state index in [1.54, 1.807) is 38.2 Å². The predicted octanol–water partition coefficient (Wildman–Crippen LogP) is 2.24. The number of nitrogens with one attached hydrogen (secondary N) is 2. The quantitative estimate of drug-likeness (QED) is 0.348. The molecular weight excluding hydrogens is 411 g/mol. The van der Waals surface area contributed by atoms with Gasteiger partial charge in [0.25, 0.3) is 0 Å². The molecule has 1 amide bonds. The van der Waals surface area contributed by atoms with Crippen LogP contribution in [0.5, 0.6) is 5.75 Å². The average Bonchev–Trinajstić information content (AvgIpc) is 3.19. The first-order valence-corrected chi connectivity index (χ1v) is 10.4. The fourth-order valence-corrected chi connectivity index (χ4v) is 3.44. The summed E-state index contributed by atoms with van der Waals surface area (Å²) in [7, 11) is 5.26. The van der Waals surface area contributed by atoms with Crippen LogP contribution < -0.4 is 15.4 Å². The molecule has 0 bridgehead atoms. The minimum absolute atomic E-state index is 0.0180. The number of aliphatic imine (C=N–C) groups is 1. The number of likely N-dealkylation sites (tertiary alicyclic amines) is 1. The van der Waals surface area contributed by atoms with Crippen molar-refractivity contribution in [2.45, 2.75) is 38.0 Å². The maximum atomic E-state index is 12.2. The lowest BCUT2D eigenvalue weighted by atomic mass is 10.2. The number of likely N-dealkylation sites (N-methyl/N-ethyl adjacent to an activating group) is 1. The number of ether oxygens (including phenoxy) is 1. The highest BCUT2D eigenvalue weighted by Gasteiger charge is 2.31. The lowest BCUT2D eigenvalue weighted by Gasteiger charge is -2.26. The summed E-state index contributed by atoms with van der Waals surface area (Å²) >= 11 is 0. The fourth-order valence-electron chi connectivity index (χ4n) is 3.44. The number of guanidine groups is 1. The SMILES string of the molecule is CN=C(NCCCN1CCCC1C(=O)N(C)C)NCc1ccc(OCC(F)(F)F)cc1. The van der Waals surface area contributed by atoms with Crippen LogP contribution in [-0.4, -0.2) is 81.3 Å². The molecule has 1 aliphatic rings. The zero-order valence-electron chi connectivity index (χ0n) is 18.3. The number of halogens is 3. The first kappa shape index (κ1) is 24.8. The van der Waals surface area contributed by atoms with Gasteiger partial charge in [0.15, 0.2) is 12.6 Å². The Bertz CT molecular complexity index is 723. The molecular formula is C21H32F3N5O2. The Labute approximate surface area is 181 Å². The van der Waals surface area contributed by atoms with Crippen molar-refractivity contribution in [2.75, 3.05) is 47.4 Å². The number of carbonyl (C=O) groups excluding carboxylic acids is 1. The van der Waals surface area contributed by atoms with Crippen LogP contribution in [0, 0.1) is 0 Å². The monoisotopic (exact) mass is 443 g/mol. The van der Waals surface area contributed by atoms with Gasteiger partial charge in [-0.1, -0.05) is 12.1 Å². The van der Waals surface area contributed by atoms with E-state index in [-0.39, 0.29) is 17.7 Å². The van der Waals surface area contributed by atoms with E-state index in [1.165, 1.54) is 12.1 Å². The van der Waals surface area contributed by atoms with Crippen LogP contribution in [0.4, 0.5) is 13.2 Å². The summed E-state index contributed by atoms with van der Waals surface area (Å²) in [6.45, 7) is 1.67. The van der Waals surface area contributed by atoms with Crippen molar-refractivity contribution in [1.82, 2.24) is 20.4 Å². The summed E-state index contributed by atoms with van der Waals surface area (Å²) in [6.07, 6.45) is -1.52. The largest absolute Gasteiger partial charge is 0.484 e. The molecule has 7 nitrogen and oxygen atoms in total. The molecule has 1 atom stereocenters. The minimum atomic E-state index is -4.35. The molecule has 2 N–H and O–H groups in total. The fraction of sp³-hybridized carbons (Fsp3) is 0.619. The molecule has 10 heteroatoms. The Kier molecular flexibility index (Phi) is 9.42. The Balaban J connectivity index is 1.69. The van der Waals surface area contributed by atoms with Gasteiger partial charge in [-0.15, -0.1) is 0 Å². The van der Waals surface area contributed by atoms with Crippen molar-refractivity contribution in [3.05, 3.63) is 29.8 Å². The van der Waals surface area contributed by atoms with E-state index in [4.69, 9.17) is 4.74 Å². The van der Waals surface area contributed by atoms with Crippen molar-refractivity contribution in [1.29, 1.82) is 0 Å². The number of amides is 1. The van der Waals surface area contributed by atoms with E-state index in [0.717, 1.165) is 37.9 Å². The van der Waals surface area contributed by atoms with Crippen molar-refractivity contribution >= 4 is 11.9 Å². The molecule has 2 rings (SSSR count). The molecule has 1 aromatic rings. The Morgan fingerprint density at radius 3 is 2.58 bits per heavy atom. The summed E-state index contributed by atoms with van der Waals surface area (Å²) < 4.78 is 41.3. The third kappa shape index (κ3) is 8.64. The second-order valence-corrected chi connectivity index (χ2v) is 7.68. The molecule has 31 heavy (non-hydrogen) atoms. The highest BCUT2D eigenvalue weighted by Crippen LogP contribution is 2.19. The van der Waals surface area contributed by atoms with Crippen LogP contribution in [0.3, 0.4) is 0 Å². The first-order chi connectivity index (χ1) is 14.7. The minimum Gasteiger partial charge on any atom is -0.484 e. The zero-order chi connectivity index (χ0) is 22.9. The number of carbonyl (C=O) groups is 1. The first-order valence-electron chi connectivity index (χ1n) is 10.4. The molecule has 1 heterocycles. The summed E-state index contributed by atoms with van der Waals surface area (Å²) in [5.74, 6) is 0.981. The normalized spacial score (nSPS) is 17.5. The van der Waals surface area contributed by atoms with Gasteiger partial charge in [0.2, 0.25) is 5.91 Å². The van der Waals surface area contributed by atoms with Gasteiger partial charge in [0.1, 0.15) is 5.75 Å². The van der Waals surface area contributed by atoms with E-state index >= 15 is 0 Å². The van der Waals surface area contributed by atoms with Gasteiger partial charge in [-0.3, -0.25) is 14.7 Å². The van der Waals surface area contributed by atoms with E-state index in [1.807, 2.05) is 0 Å². The van der Waals surface area contributed by atoms with Crippen LogP contribution in [0.25, 0.3) is 0 Å². The van der Waals surface area contributed by atoms with E-state index in [0.29, 0.717) is 19.0 Å². The summed E-state index contributed by atoms with van der Waals surface area (Å²) in [5.41, 5.74) is 0.893. The second-order valence-electron chi connectivity index (χ2n) is 7.68. The molecule has 1 fully saturated rings. The van der Waals surface area contributed by atoms with Crippen LogP contribution >= 0.6 is 0 Å². The van der Waals surface area contributed by atoms with Gasteiger partial charge in [0, 0.05) is 40.8 Å². The van der Waals surface area contributed by atoms with Crippen molar-refractivity contribution < 1.29 is 22.7 Å². The smallest absolute Gasteiger partial charge is 0.422 e. The molecule has 1 aliphatic heterocycles. The Hall–Kier alpha value is -2.49. The molecule has 0 radical (unpaired) electrons. The molecule has 1 unspecified atom stereocenters. The molecule has 1 saturated heterocycles. The summed E-state index contributed by atoms with van der Waals surface area (Å²) in [4.78, 5) is 20.3. The highest BCUT2D eigenvalue weighted by atomic mass is 19.4. The second kappa shape index (κ2) is 11.8. The highest BCUT2D eigenvalue weighted by molar-refractivity contribution is 5.81. The van der Waals surface area contributed by atoms with E-state index in [9.17, 15) is 18.0 Å². The van der Waals surface area contributed by atoms with E-state index < -0.39 is 12.8 Å². The van der Waals surface area contributed by atoms with Gasteiger partial charge in [-0.05, 0) is 43.5 Å². The van der Waals surface area contributed by atoms with Crippen molar-refractivity contribution in [2.24, 2.45) is 4.99 Å². The third-order valence-electron chi connectivity index (χ3n) is 5.01. The summed E-state index contributed by atoms with van der Waals surface area (Å²) in [5, 5.41) is 6.42. The number of hydrogen-bond acceptors (Lipinski definition) is 4. The number of nitrogens with zero attached hydrogens (tertiary/aromatic N) is 3. The van der Waals surface area contributed by atoms with Crippen LogP contribution in [0.2, 0.25) is 0 Å². The topological polar surface area (TPSA) is 69.2 Å². The van der Waals surface area contributed by atoms with Crippen LogP contribution in [0.1, 0.15) is 24.8 Å². The van der Waals surface area contributed by atoms with Gasteiger partial charge in [-0.25, -0.2) is 0 Å². The lowest BCUT2D eigenvalue weighted by molar-refractivity contribution is -0.153. The third-order valence-corrected chi connectivity index (χ3v) is 5.01. The van der Waals surface area contributed by atoms with Crippen molar-refractivity contribution in [3.8, 4) is 5.75 Å². The Morgan fingerprint density at radius 1 is 1.26 bits per heavy atom. The van der Waals surface area contributed by atoms with Gasteiger partial charge < -0.3 is 20.3 Å². The average molecular weight is 444 g/mol. The van der Waals surface area contributed by atoms with Gasteiger partial charge in [0.05, 0.1) is 6.04 Å². The summed E-state index contributed by atoms with van der Waals surface area (Å²) in [6, 6.07) is 6.43. The van der Waals surface area contributed by atoms with Gasteiger partial charge in [-0.2, -0.15) is 13.2 Å². The van der Waals surface area contributed by atoms with Crippen molar-refractivity contribution in [3.63, 3.8) is 0 Å². The molecule has 0 aromatic heterocycles. The molecule has 0 saturated carbocycles. The maximum absolute atomic E-state index is 12.2. The number of benzene rings is 1. The number of hydrogen-bond donors (Lipinski definition) is 2. The van der Waals surface area contributed by atoms with Crippen LogP contribution in [-0.2, 0) is 11.3 Å². The molecule has 0 aliphatic carbocycles. The lowest BCUT2D eigenvalue weighted by Crippen LogP contribution is -2.44. The molecule has 0 spiro atoms. The Morgan fingerprint density at radius 2 is 1.97 bits per heavy atom. The standard InChI is InChI=1S/C21H32F3N5O2/c1-25-20(26-11-5-13-29-12-4-6-18(29)19(30)28(2)3)27-14-16-7-9-17(10-8-16)31-15-21(22,23)24/h7-10,18H,4-6,11-15H2,1-3H3,(H2,25,26,27). The van der Waals surface area contributed by atoms with Crippen LogP contribution in [0.15, 0.2) is 29.3 Å². The number of rotatable bonds is 9. The molecule has 174 valence electrons. The zero-order valence-corrected chi connectivity index (χ0v) is 18.3. The number of alkyl halides is 3. The van der Waals surface area contributed by atoms with Gasteiger partial charge >= 0.3 is 6.18 Å². The maximum Gasteiger partial charge on any atom is 0.422 e. The van der Waals surface area contributed by atoms with E-state index in [2.05, 4.69) is 20.5 Å². The molecule has 1 aromatic carbocycles. The predicted molar refractivity (Wildman–Crippen MR) is 114 cm³/mol.